The number of rotatable bonds is 3. The Bertz CT molecular complexity index is 836. The Morgan fingerprint density at radius 3 is 2.48 bits per heavy atom. The Morgan fingerprint density at radius 2 is 1.81 bits per heavy atom. The van der Waals surface area contributed by atoms with Crippen molar-refractivity contribution in [1.29, 1.82) is 0 Å². The van der Waals surface area contributed by atoms with Crippen molar-refractivity contribution in [3.63, 3.8) is 0 Å². The lowest BCUT2D eigenvalue weighted by Crippen LogP contribution is -2.46. The lowest BCUT2D eigenvalue weighted by molar-refractivity contribution is -0.126. The number of Topliss-reactive ketones (excluding diaryl/α,β-unsaturated/α-hetero) is 1. The molecular formula is C23H23NO3. The molecule has 3 rings (SSSR count). The van der Waals surface area contributed by atoms with E-state index < -0.39 is 0 Å². The number of nitrogens with zero attached hydrogens (tertiary/aromatic N) is 1. The van der Waals surface area contributed by atoms with Gasteiger partial charge in [-0.15, -0.1) is 0 Å². The van der Waals surface area contributed by atoms with Gasteiger partial charge < -0.3 is 9.64 Å². The summed E-state index contributed by atoms with van der Waals surface area (Å²) in [6.45, 7) is 2.84. The highest BCUT2D eigenvalue weighted by Crippen LogP contribution is 2.30. The number of hydrogen-bond donors (Lipinski definition) is 0. The largest absolute Gasteiger partial charge is 0.450 e. The number of ketones is 1. The fourth-order valence-electron chi connectivity index (χ4n) is 3.29. The van der Waals surface area contributed by atoms with Crippen molar-refractivity contribution in [3.8, 4) is 11.8 Å². The van der Waals surface area contributed by atoms with Crippen molar-refractivity contribution < 1.29 is 14.3 Å². The molecule has 0 unspecified atom stereocenters. The third-order valence-corrected chi connectivity index (χ3v) is 4.69. The van der Waals surface area contributed by atoms with E-state index >= 15 is 0 Å². The molecule has 0 radical (unpaired) electrons. The number of ether oxygens (including phenoxy) is 1. The average molecular weight is 361 g/mol. The Kier molecular flexibility index (Phi) is 6.27. The molecule has 0 spiro atoms. The predicted molar refractivity (Wildman–Crippen MR) is 104 cm³/mol. The van der Waals surface area contributed by atoms with Crippen molar-refractivity contribution in [2.45, 2.75) is 19.3 Å². The van der Waals surface area contributed by atoms with E-state index in [9.17, 15) is 9.59 Å². The van der Waals surface area contributed by atoms with Crippen molar-refractivity contribution in [3.05, 3.63) is 71.8 Å². The zero-order valence-corrected chi connectivity index (χ0v) is 15.4. The van der Waals surface area contributed by atoms with Gasteiger partial charge in [0.05, 0.1) is 18.4 Å². The van der Waals surface area contributed by atoms with Crippen LogP contribution in [0.4, 0.5) is 4.79 Å². The monoisotopic (exact) mass is 361 g/mol. The molecule has 1 aliphatic heterocycles. The molecule has 0 N–H and O–H groups in total. The van der Waals surface area contributed by atoms with Gasteiger partial charge in [-0.25, -0.2) is 4.79 Å². The van der Waals surface area contributed by atoms with Crippen LogP contribution in [0.3, 0.4) is 0 Å². The molecule has 2 atom stereocenters. The van der Waals surface area contributed by atoms with Gasteiger partial charge >= 0.3 is 6.09 Å². The lowest BCUT2D eigenvalue weighted by atomic mass is 9.80. The van der Waals surface area contributed by atoms with Crippen LogP contribution < -0.4 is 0 Å². The van der Waals surface area contributed by atoms with E-state index in [2.05, 4.69) is 11.8 Å². The Labute approximate surface area is 160 Å². The van der Waals surface area contributed by atoms with Crippen molar-refractivity contribution >= 4 is 11.9 Å². The van der Waals surface area contributed by atoms with E-state index in [1.165, 1.54) is 0 Å². The summed E-state index contributed by atoms with van der Waals surface area (Å²) in [5.41, 5.74) is 1.90. The van der Waals surface area contributed by atoms with Crippen LogP contribution in [0.25, 0.3) is 0 Å². The molecule has 0 bridgehead atoms. The molecule has 1 fully saturated rings. The van der Waals surface area contributed by atoms with E-state index in [1.807, 2.05) is 60.7 Å². The summed E-state index contributed by atoms with van der Waals surface area (Å²) in [6, 6.07) is 19.5. The normalized spacial score (nSPS) is 17.6. The minimum Gasteiger partial charge on any atom is -0.450 e. The van der Waals surface area contributed by atoms with Gasteiger partial charge in [-0.3, -0.25) is 4.79 Å². The van der Waals surface area contributed by atoms with Crippen LogP contribution >= 0.6 is 0 Å². The van der Waals surface area contributed by atoms with Crippen LogP contribution in [0, 0.1) is 17.8 Å². The first-order valence-corrected chi connectivity index (χ1v) is 9.25. The third-order valence-electron chi connectivity index (χ3n) is 4.69. The molecule has 1 saturated heterocycles. The van der Waals surface area contributed by atoms with Gasteiger partial charge in [0.1, 0.15) is 5.78 Å². The summed E-state index contributed by atoms with van der Waals surface area (Å²) in [7, 11) is 0. The van der Waals surface area contributed by atoms with Gasteiger partial charge in [0, 0.05) is 25.1 Å². The van der Waals surface area contributed by atoms with Crippen LogP contribution in [-0.2, 0) is 9.53 Å². The Morgan fingerprint density at radius 1 is 1.15 bits per heavy atom. The van der Waals surface area contributed by atoms with Crippen LogP contribution in [0.5, 0.6) is 0 Å². The SMILES string of the molecule is CCOC(=O)N1CCC(=O)[C@H]([C@@H](C#Cc2ccccc2)c2ccccc2)C1. The number of likely N-dealkylation sites (tertiary alicyclic amines) is 1. The topological polar surface area (TPSA) is 46.6 Å². The fourth-order valence-corrected chi connectivity index (χ4v) is 3.29. The zero-order chi connectivity index (χ0) is 19.1. The summed E-state index contributed by atoms with van der Waals surface area (Å²) in [5.74, 6) is 6.01. The molecule has 0 aromatic heterocycles. The van der Waals surface area contributed by atoms with Crippen molar-refractivity contribution in [2.24, 2.45) is 5.92 Å². The van der Waals surface area contributed by atoms with E-state index in [1.54, 1.807) is 11.8 Å². The van der Waals surface area contributed by atoms with Crippen molar-refractivity contribution in [1.82, 2.24) is 4.90 Å². The first-order chi connectivity index (χ1) is 13.2. The number of amides is 1. The number of hydrogen-bond acceptors (Lipinski definition) is 3. The van der Waals surface area contributed by atoms with Crippen LogP contribution in [0.15, 0.2) is 60.7 Å². The van der Waals surface area contributed by atoms with Crippen molar-refractivity contribution in [2.75, 3.05) is 19.7 Å². The molecule has 4 heteroatoms. The maximum atomic E-state index is 12.7. The van der Waals surface area contributed by atoms with E-state index in [-0.39, 0.29) is 23.7 Å². The highest BCUT2D eigenvalue weighted by molar-refractivity contribution is 5.85. The number of carbonyl (C=O) groups excluding carboxylic acids is 2. The zero-order valence-electron chi connectivity index (χ0n) is 15.4. The summed E-state index contributed by atoms with van der Waals surface area (Å²) in [5, 5.41) is 0. The van der Waals surface area contributed by atoms with Gasteiger partial charge in [-0.05, 0) is 24.6 Å². The van der Waals surface area contributed by atoms with Gasteiger partial charge in [-0.2, -0.15) is 0 Å². The summed E-state index contributed by atoms with van der Waals surface area (Å²) in [4.78, 5) is 26.5. The van der Waals surface area contributed by atoms with Gasteiger partial charge in [-0.1, -0.05) is 60.4 Å². The quantitative estimate of drug-likeness (QED) is 0.780. The molecule has 0 aliphatic carbocycles. The minimum absolute atomic E-state index is 0.145. The highest BCUT2D eigenvalue weighted by Gasteiger charge is 2.35. The highest BCUT2D eigenvalue weighted by atomic mass is 16.6. The second-order valence-corrected chi connectivity index (χ2v) is 6.49. The molecule has 4 nitrogen and oxygen atoms in total. The Hall–Kier alpha value is -3.06. The summed E-state index contributed by atoms with van der Waals surface area (Å²) in [6.07, 6.45) is -0.0300. The standard InChI is InChI=1S/C23H23NO3/c1-2-27-23(26)24-16-15-22(25)21(17-24)20(19-11-7-4-8-12-19)14-13-18-9-5-3-6-10-18/h3-12,20-21H,2,15-17H2,1H3/t20-,21-/m0/s1. The molecule has 138 valence electrons. The summed E-state index contributed by atoms with van der Waals surface area (Å²) >= 11 is 0. The molecule has 1 aliphatic rings. The Balaban J connectivity index is 1.91. The van der Waals surface area contributed by atoms with Crippen LogP contribution in [0.1, 0.15) is 30.4 Å². The second-order valence-electron chi connectivity index (χ2n) is 6.49. The first kappa shape index (κ1) is 18.7. The van der Waals surface area contributed by atoms with E-state index in [4.69, 9.17) is 4.74 Å². The predicted octanol–water partition coefficient (Wildman–Crippen LogP) is 3.87. The van der Waals surface area contributed by atoms with E-state index in [0.717, 1.165) is 11.1 Å². The lowest BCUT2D eigenvalue weighted by Gasteiger charge is -2.33. The fraction of sp³-hybridized carbons (Fsp3) is 0.304. The molecular weight excluding hydrogens is 338 g/mol. The molecule has 1 heterocycles. The molecule has 1 amide bonds. The molecule has 2 aromatic rings. The first-order valence-electron chi connectivity index (χ1n) is 9.25. The summed E-state index contributed by atoms with van der Waals surface area (Å²) < 4.78 is 5.12. The molecule has 27 heavy (non-hydrogen) atoms. The van der Waals surface area contributed by atoms with E-state index in [0.29, 0.717) is 26.1 Å². The van der Waals surface area contributed by atoms with Gasteiger partial charge in [0.25, 0.3) is 0 Å². The third kappa shape index (κ3) is 4.77. The maximum Gasteiger partial charge on any atom is 0.409 e. The minimum atomic E-state index is -0.363. The average Bonchev–Trinajstić information content (AvgIpc) is 2.71. The van der Waals surface area contributed by atoms with Crippen LogP contribution in [-0.4, -0.2) is 36.5 Å². The van der Waals surface area contributed by atoms with Gasteiger partial charge in [0.2, 0.25) is 0 Å². The molecule has 0 saturated carbocycles. The van der Waals surface area contributed by atoms with Crippen LogP contribution in [0.2, 0.25) is 0 Å². The smallest absolute Gasteiger partial charge is 0.409 e. The molecule has 2 aromatic carbocycles. The number of benzene rings is 2. The number of piperidine rings is 1. The maximum absolute atomic E-state index is 12.7. The second kappa shape index (κ2) is 9.05. The van der Waals surface area contributed by atoms with Gasteiger partial charge in [0.15, 0.2) is 0 Å². The number of carbonyl (C=O) groups is 2.